The highest BCUT2D eigenvalue weighted by Crippen LogP contribution is 2.53. The van der Waals surface area contributed by atoms with Gasteiger partial charge in [0.05, 0.1) is 0 Å². The molecule has 18 fully saturated rings. The van der Waals surface area contributed by atoms with Crippen molar-refractivity contribution in [1.82, 2.24) is 0 Å². The van der Waals surface area contributed by atoms with E-state index >= 15 is 0 Å². The summed E-state index contributed by atoms with van der Waals surface area (Å²) in [6.07, 6.45) is 149. The third-order valence-corrected chi connectivity index (χ3v) is 45.7. The lowest BCUT2D eigenvalue weighted by molar-refractivity contribution is 0.110. The third-order valence-electron chi connectivity index (χ3n) is 45.7. The molecule has 142 heavy (non-hydrogen) atoms. The molecule has 18 aliphatic rings. The van der Waals surface area contributed by atoms with Gasteiger partial charge in [-0.15, -0.1) is 52.6 Å². The van der Waals surface area contributed by atoms with Crippen LogP contribution in [0.3, 0.4) is 0 Å². The van der Waals surface area contributed by atoms with Gasteiger partial charge in [0.15, 0.2) is 0 Å². The summed E-state index contributed by atoms with van der Waals surface area (Å²) in [5.41, 5.74) is 0. The normalized spacial score (nSPS) is 41.5. The monoisotopic (exact) mass is 1980 g/mol. The highest BCUT2D eigenvalue weighted by Gasteiger charge is 2.41. The maximum atomic E-state index is 3.99. The summed E-state index contributed by atoms with van der Waals surface area (Å²) in [6.45, 7) is 45.7. The summed E-state index contributed by atoms with van der Waals surface area (Å²) in [4.78, 5) is 0. The molecule has 0 aromatic rings. The van der Waals surface area contributed by atoms with Crippen LogP contribution in [-0.2, 0) is 0 Å². The Morgan fingerprint density at radius 2 is 0.289 bits per heavy atom. The lowest BCUT2D eigenvalue weighted by atomic mass is 9.65. The Morgan fingerprint density at radius 1 is 0.155 bits per heavy atom. The molecule has 0 spiro atoms. The van der Waals surface area contributed by atoms with E-state index in [9.17, 15) is 0 Å². The average molecular weight is 1980 g/mol. The maximum Gasteiger partial charge on any atom is 0 e. The summed E-state index contributed by atoms with van der Waals surface area (Å²) in [5, 5.41) is 0. The van der Waals surface area contributed by atoms with Crippen LogP contribution in [0.5, 0.6) is 0 Å². The first-order valence-corrected chi connectivity index (χ1v) is 65.1. The molecule has 0 unspecified atom stereocenters. The minimum atomic E-state index is 0. The van der Waals surface area contributed by atoms with Crippen molar-refractivity contribution in [3.8, 4) is 0 Å². The second-order valence-electron chi connectivity index (χ2n) is 54.7. The van der Waals surface area contributed by atoms with Crippen LogP contribution in [0.4, 0.5) is 0 Å². The van der Waals surface area contributed by atoms with E-state index in [4.69, 9.17) is 0 Å². The smallest absolute Gasteiger partial charge is 0 e. The fraction of sp³-hybridized carbons (Fsp3) is 0.831. The lowest BCUT2D eigenvalue weighted by Gasteiger charge is -2.41. The summed E-state index contributed by atoms with van der Waals surface area (Å²) >= 11 is 0. The van der Waals surface area contributed by atoms with Crippen molar-refractivity contribution < 1.29 is 25.7 Å². The number of rotatable bonds is 27. The molecular weight excluding hydrogens is 1710 g/mol. The number of hydrogen-bond acceptors (Lipinski definition) is 0. The minimum absolute atomic E-state index is 0. The SMILES string of the molecule is C/C=C/CCC1CCC(C2CCC(C)CC2)CC1.C=CC1CCC(/C=C/C2CCC(C3CCC(C)CC3)CC2)CC1.C=CC1CCC(/C=C/C2CCC(C3CCC(C=C)CC3)CC2)CC1.C=CC1CCC(C2CCC(/C=C/C)CC2)CC1.C=CC1CCC(C2CCC(C3CCC(C)CC3)CC2)CC1.C=CC1CCC(C2CCC(C3CCC(C=C)CC3)CC2)CC1.C=CCCC1CCC(C2CCC(C)CC2)CC1.[HH].[HH].[HH].[HH].[HH].[HH].[HH].[HH].[HH].[HH].[HH].[HH].[HH].[HH].[HH].[HH].[HH].[HH]. The number of allylic oxidation sites excluding steroid dienone is 16. The van der Waals surface area contributed by atoms with E-state index < -0.39 is 0 Å². The Hall–Kier alpha value is -3.12. The zero-order valence-corrected chi connectivity index (χ0v) is 95.4. The van der Waals surface area contributed by atoms with E-state index in [1.165, 1.54) is 437 Å². The molecule has 18 saturated carbocycles. The molecule has 0 nitrogen and oxygen atoms in total. The predicted octanol–water partition coefficient (Wildman–Crippen LogP) is 49.2. The van der Waals surface area contributed by atoms with Gasteiger partial charge in [0.25, 0.3) is 0 Å². The molecule has 0 radical (unpaired) electrons. The van der Waals surface area contributed by atoms with Crippen molar-refractivity contribution in [2.45, 2.75) is 530 Å². The Labute approximate surface area is 913 Å². The van der Waals surface area contributed by atoms with Crippen LogP contribution in [0.15, 0.2) is 150 Å². The fourth-order valence-corrected chi connectivity index (χ4v) is 34.7. The number of hydrogen-bond donors (Lipinski definition) is 0. The van der Waals surface area contributed by atoms with Crippen LogP contribution in [0.2, 0.25) is 0 Å². The van der Waals surface area contributed by atoms with E-state index in [-0.39, 0.29) is 25.7 Å². The molecule has 0 aliphatic heterocycles. The van der Waals surface area contributed by atoms with Gasteiger partial charge < -0.3 is 0 Å². The predicted molar refractivity (Wildman–Crippen MR) is 667 cm³/mol. The molecule has 0 bridgehead atoms. The molecule has 0 amide bonds. The Kier molecular flexibility index (Phi) is 55.2. The molecular formula is C142H274. The average Bonchev–Trinajstić information content (AvgIpc) is 0.845. The van der Waals surface area contributed by atoms with Crippen molar-refractivity contribution >= 4 is 0 Å². The van der Waals surface area contributed by atoms with Gasteiger partial charge in [-0.1, -0.05) is 202 Å². The lowest BCUT2D eigenvalue weighted by Crippen LogP contribution is -2.29. The Bertz CT molecular complexity index is 3440. The van der Waals surface area contributed by atoms with E-state index in [2.05, 4.69) is 191 Å². The maximum absolute atomic E-state index is 3.99. The fourth-order valence-electron chi connectivity index (χ4n) is 34.7. The second-order valence-corrected chi connectivity index (χ2v) is 54.7. The summed E-state index contributed by atoms with van der Waals surface area (Å²) in [5.74, 6) is 35.4. The topological polar surface area (TPSA) is 0 Å². The molecule has 842 valence electrons. The van der Waals surface area contributed by atoms with E-state index in [1.807, 2.05) is 0 Å². The first-order chi connectivity index (χ1) is 69.5. The zero-order valence-electron chi connectivity index (χ0n) is 95.4. The van der Waals surface area contributed by atoms with Crippen molar-refractivity contribution in [3.05, 3.63) is 150 Å². The molecule has 0 aromatic heterocycles. The first kappa shape index (κ1) is 118. The molecule has 0 atom stereocenters. The van der Waals surface area contributed by atoms with Crippen molar-refractivity contribution in [1.29, 1.82) is 0 Å². The van der Waals surface area contributed by atoms with Gasteiger partial charge in [-0.05, 0) is 638 Å². The van der Waals surface area contributed by atoms with E-state index in [0.29, 0.717) is 0 Å². The second kappa shape index (κ2) is 66.6. The quantitative estimate of drug-likeness (QED) is 0.0719. The van der Waals surface area contributed by atoms with Crippen molar-refractivity contribution in [2.24, 2.45) is 213 Å². The van der Waals surface area contributed by atoms with Crippen LogP contribution >= 0.6 is 0 Å². The zero-order chi connectivity index (χ0) is 99.8. The summed E-state index contributed by atoms with van der Waals surface area (Å²) in [6, 6.07) is 0. The standard InChI is InChI=1S/C24H38.C23H38.C22H36.C21H36.C18H32.C17H30.C17H28.18H2/c1-3-19-5-7-21(8-6-19)9-10-22-13-17-24(18-14-22)23-15-11-20(4-2)12-16-23;1-3-19-6-8-20(9-7-19)10-11-21-12-16-23(17-13-21)22-14-4-18(2)5-15-22;1-3-17-5-9-19(10-6-17)21-13-15-22(16-14-21)20-11-7-18(4-2)8-12-20;1-3-17-6-10-19(11-7-17)21-14-12-20(13-15-21)18-8-4-16(2)5-9-18;1-3-4-5-6-16-9-13-18(14-10-16)17-11-7-15(2)8-12-17;1-3-4-5-15-8-12-17(13-9-15)16-10-6-14(2)7-11-16;1-3-5-15-8-12-17(13-9-15)16-10-6-14(4-2)7-11-16;;;;;;;;;;;;;;;;;;/h3-4,9-10,19-24H,1-2,5-8,11-18H2;3,10-11,18-23H,1,4-9,12-17H2,2H3;3-4,17-22H,1-2,5-16H2;3,16-21H,1,4-15H2,2H3;3-4,15-18H,5-14H2,1-2H3;3,14-17H,1,4-13H2,2H3;3-5,14-17H,2,6-13H2,1H3;18*1H/b10-9+;11-10+;;;4-3+;;5-3+;;;;;;;;;;;;;;;;;;. The van der Waals surface area contributed by atoms with Gasteiger partial charge >= 0.3 is 0 Å². The van der Waals surface area contributed by atoms with Crippen LogP contribution in [0, 0.1) is 213 Å². The van der Waals surface area contributed by atoms with Crippen LogP contribution in [0.25, 0.3) is 0 Å². The molecule has 0 heterocycles. The van der Waals surface area contributed by atoms with Crippen molar-refractivity contribution in [3.63, 3.8) is 0 Å². The van der Waals surface area contributed by atoms with E-state index in [0.717, 1.165) is 213 Å². The van der Waals surface area contributed by atoms with Gasteiger partial charge in [-0.25, -0.2) is 0 Å². The molecule has 18 aliphatic carbocycles. The van der Waals surface area contributed by atoms with Gasteiger partial charge in [0.2, 0.25) is 0 Å². The highest BCUT2D eigenvalue weighted by molar-refractivity contribution is 5.03. The van der Waals surface area contributed by atoms with Crippen LogP contribution in [-0.4, -0.2) is 0 Å². The highest BCUT2D eigenvalue weighted by atomic mass is 14.5. The van der Waals surface area contributed by atoms with Crippen LogP contribution in [0.1, 0.15) is 555 Å². The molecule has 0 heteroatoms. The van der Waals surface area contributed by atoms with Crippen LogP contribution < -0.4 is 0 Å². The van der Waals surface area contributed by atoms with E-state index in [1.54, 1.807) is 51.4 Å². The first-order valence-electron chi connectivity index (χ1n) is 65.1. The summed E-state index contributed by atoms with van der Waals surface area (Å²) < 4.78 is 0. The summed E-state index contributed by atoms with van der Waals surface area (Å²) in [7, 11) is 0. The largest absolute Gasteiger partial charge is 0.103 e. The van der Waals surface area contributed by atoms with Crippen molar-refractivity contribution in [2.75, 3.05) is 0 Å². The Balaban J connectivity index is -0.000000336. The van der Waals surface area contributed by atoms with Gasteiger partial charge in [-0.3, -0.25) is 0 Å². The molecule has 0 aromatic carbocycles. The van der Waals surface area contributed by atoms with Gasteiger partial charge in [0.1, 0.15) is 0 Å². The van der Waals surface area contributed by atoms with Gasteiger partial charge in [0, 0.05) is 25.7 Å². The Morgan fingerprint density at radius 3 is 0.451 bits per heavy atom. The molecule has 0 saturated heterocycles. The molecule has 0 N–H and O–H groups in total. The van der Waals surface area contributed by atoms with Gasteiger partial charge in [-0.2, -0.15) is 0 Å². The third kappa shape index (κ3) is 40.8. The molecule has 18 rings (SSSR count). The minimum Gasteiger partial charge on any atom is -0.103 e.